The highest BCUT2D eigenvalue weighted by atomic mass is 16.5. The molecule has 0 aliphatic carbocycles. The first-order valence-corrected chi connectivity index (χ1v) is 6.92. The molecule has 1 saturated heterocycles. The number of hydrogen-bond acceptors (Lipinski definition) is 3. The second-order valence-electron chi connectivity index (χ2n) is 5.04. The van der Waals surface area contributed by atoms with E-state index in [9.17, 15) is 4.79 Å². The fourth-order valence-electron chi connectivity index (χ4n) is 2.56. The molecule has 0 spiro atoms. The molecule has 0 saturated carbocycles. The normalized spacial score (nSPS) is 18.7. The number of piperidine rings is 1. The van der Waals surface area contributed by atoms with E-state index in [1.165, 1.54) is 0 Å². The van der Waals surface area contributed by atoms with E-state index < -0.39 is 0 Å². The summed E-state index contributed by atoms with van der Waals surface area (Å²) in [6.45, 7) is 2.24. The Kier molecular flexibility index (Phi) is 5.24. The number of carbonyl (C=O) groups excluding carboxylic acids is 1. The Bertz CT molecular complexity index is 448. The van der Waals surface area contributed by atoms with Crippen molar-refractivity contribution in [3.63, 3.8) is 0 Å². The van der Waals surface area contributed by atoms with Crippen LogP contribution in [-0.2, 0) is 4.74 Å². The predicted octanol–water partition coefficient (Wildman–Crippen LogP) is 2.59. The number of rotatable bonds is 4. The van der Waals surface area contributed by atoms with Crippen LogP contribution >= 0.6 is 0 Å². The highest BCUT2D eigenvalue weighted by Gasteiger charge is 2.24. The minimum absolute atomic E-state index is 0.0738. The number of carbonyl (C=O) groups is 1. The van der Waals surface area contributed by atoms with Gasteiger partial charge in [0, 0.05) is 26.1 Å². The molecule has 2 rings (SSSR count). The molecule has 5 heteroatoms. The predicted molar refractivity (Wildman–Crippen MR) is 78.2 cm³/mol. The zero-order valence-electron chi connectivity index (χ0n) is 12.1. The van der Waals surface area contributed by atoms with E-state index in [1.54, 1.807) is 14.2 Å². The van der Waals surface area contributed by atoms with E-state index in [1.807, 2.05) is 29.2 Å². The number of urea groups is 1. The molecule has 2 amide bonds. The molecule has 0 bridgehead atoms. The third-order valence-electron chi connectivity index (χ3n) is 3.56. The van der Waals surface area contributed by atoms with E-state index in [0.29, 0.717) is 24.0 Å². The largest absolute Gasteiger partial charge is 0.495 e. The molecule has 1 aromatic carbocycles. The van der Waals surface area contributed by atoms with E-state index in [2.05, 4.69) is 5.32 Å². The molecular formula is C15H22N2O3. The Morgan fingerprint density at radius 3 is 2.95 bits per heavy atom. The summed E-state index contributed by atoms with van der Waals surface area (Å²) < 4.78 is 10.4. The molecule has 1 unspecified atom stereocenters. The molecule has 1 aliphatic heterocycles. The highest BCUT2D eigenvalue weighted by molar-refractivity contribution is 5.91. The molecule has 1 aliphatic rings. The molecule has 20 heavy (non-hydrogen) atoms. The Hall–Kier alpha value is -1.75. The van der Waals surface area contributed by atoms with Gasteiger partial charge < -0.3 is 19.7 Å². The summed E-state index contributed by atoms with van der Waals surface area (Å²) in [4.78, 5) is 14.2. The Morgan fingerprint density at radius 1 is 1.40 bits per heavy atom. The van der Waals surface area contributed by atoms with Crippen LogP contribution in [0.15, 0.2) is 24.3 Å². The molecule has 1 aromatic rings. The lowest BCUT2D eigenvalue weighted by atomic mass is 9.99. The van der Waals surface area contributed by atoms with Gasteiger partial charge in [0.2, 0.25) is 0 Å². The maximum absolute atomic E-state index is 12.3. The lowest BCUT2D eigenvalue weighted by Crippen LogP contribution is -2.43. The maximum Gasteiger partial charge on any atom is 0.321 e. The van der Waals surface area contributed by atoms with Crippen LogP contribution in [0.5, 0.6) is 5.75 Å². The number of ether oxygens (including phenoxy) is 2. The number of nitrogens with one attached hydrogen (secondary N) is 1. The summed E-state index contributed by atoms with van der Waals surface area (Å²) in [6.07, 6.45) is 2.14. The summed E-state index contributed by atoms with van der Waals surface area (Å²) >= 11 is 0. The van der Waals surface area contributed by atoms with Crippen molar-refractivity contribution in [1.82, 2.24) is 4.90 Å². The van der Waals surface area contributed by atoms with Crippen LogP contribution in [0, 0.1) is 5.92 Å². The van der Waals surface area contributed by atoms with Crippen molar-refractivity contribution >= 4 is 11.7 Å². The average molecular weight is 278 g/mol. The van der Waals surface area contributed by atoms with Crippen LogP contribution in [0.4, 0.5) is 10.5 Å². The number of likely N-dealkylation sites (tertiary alicyclic amines) is 1. The number of amides is 2. The van der Waals surface area contributed by atoms with Gasteiger partial charge in [-0.3, -0.25) is 0 Å². The van der Waals surface area contributed by atoms with Crippen LogP contribution in [-0.4, -0.2) is 44.8 Å². The molecule has 5 nitrogen and oxygen atoms in total. The van der Waals surface area contributed by atoms with Crippen LogP contribution < -0.4 is 10.1 Å². The van der Waals surface area contributed by atoms with Gasteiger partial charge in [0.1, 0.15) is 5.75 Å². The minimum atomic E-state index is -0.0738. The molecule has 1 atom stereocenters. The topological polar surface area (TPSA) is 50.8 Å². The highest BCUT2D eigenvalue weighted by Crippen LogP contribution is 2.24. The van der Waals surface area contributed by atoms with Gasteiger partial charge in [-0.25, -0.2) is 4.79 Å². The fraction of sp³-hybridized carbons (Fsp3) is 0.533. The van der Waals surface area contributed by atoms with Crippen molar-refractivity contribution in [2.24, 2.45) is 5.92 Å². The first-order chi connectivity index (χ1) is 9.74. The number of anilines is 1. The van der Waals surface area contributed by atoms with Crippen molar-refractivity contribution in [3.8, 4) is 5.75 Å². The number of hydrogen-bond donors (Lipinski definition) is 1. The molecule has 1 heterocycles. The second-order valence-corrected chi connectivity index (χ2v) is 5.04. The number of benzene rings is 1. The van der Waals surface area contributed by atoms with Crippen molar-refractivity contribution in [3.05, 3.63) is 24.3 Å². The Balaban J connectivity index is 1.97. The van der Waals surface area contributed by atoms with E-state index >= 15 is 0 Å². The van der Waals surface area contributed by atoms with E-state index in [4.69, 9.17) is 9.47 Å². The molecule has 110 valence electrons. The van der Waals surface area contributed by atoms with Crippen molar-refractivity contribution in [2.45, 2.75) is 12.8 Å². The maximum atomic E-state index is 12.3. The van der Waals surface area contributed by atoms with Gasteiger partial charge >= 0.3 is 6.03 Å². The van der Waals surface area contributed by atoms with Crippen LogP contribution in [0.2, 0.25) is 0 Å². The van der Waals surface area contributed by atoms with Gasteiger partial charge in [-0.15, -0.1) is 0 Å². The third kappa shape index (κ3) is 3.63. The van der Waals surface area contributed by atoms with Gasteiger partial charge in [-0.1, -0.05) is 12.1 Å². The lowest BCUT2D eigenvalue weighted by molar-refractivity contribution is 0.104. The third-order valence-corrected chi connectivity index (χ3v) is 3.56. The zero-order chi connectivity index (χ0) is 14.4. The van der Waals surface area contributed by atoms with Gasteiger partial charge in [0.25, 0.3) is 0 Å². The molecule has 1 N–H and O–H groups in total. The van der Waals surface area contributed by atoms with Gasteiger partial charge in [0.05, 0.1) is 19.4 Å². The molecule has 0 aromatic heterocycles. The SMILES string of the molecule is COCC1CCCN(C(=O)Nc2ccccc2OC)C1. The summed E-state index contributed by atoms with van der Waals surface area (Å²) in [5.74, 6) is 1.10. The second kappa shape index (κ2) is 7.14. The van der Waals surface area contributed by atoms with Crippen molar-refractivity contribution < 1.29 is 14.3 Å². The van der Waals surface area contributed by atoms with Crippen molar-refractivity contribution in [2.75, 3.05) is 39.2 Å². The van der Waals surface area contributed by atoms with Gasteiger partial charge in [-0.05, 0) is 25.0 Å². The van der Waals surface area contributed by atoms with Crippen molar-refractivity contribution in [1.29, 1.82) is 0 Å². The minimum Gasteiger partial charge on any atom is -0.495 e. The lowest BCUT2D eigenvalue weighted by Gasteiger charge is -2.32. The summed E-state index contributed by atoms with van der Waals surface area (Å²) in [6, 6.07) is 7.36. The number of methoxy groups -OCH3 is 2. The van der Waals surface area contributed by atoms with Gasteiger partial charge in [-0.2, -0.15) is 0 Å². The summed E-state index contributed by atoms with van der Waals surface area (Å²) in [5.41, 5.74) is 0.703. The standard InChI is InChI=1S/C15H22N2O3/c1-19-11-12-6-5-9-17(10-12)15(18)16-13-7-3-4-8-14(13)20-2/h3-4,7-8,12H,5-6,9-11H2,1-2H3,(H,16,18). The quantitative estimate of drug-likeness (QED) is 0.921. The van der Waals surface area contributed by atoms with E-state index in [0.717, 1.165) is 25.9 Å². The molecule has 0 radical (unpaired) electrons. The first-order valence-electron chi connectivity index (χ1n) is 6.92. The van der Waals surface area contributed by atoms with Crippen LogP contribution in [0.3, 0.4) is 0 Å². The summed E-state index contributed by atoms with van der Waals surface area (Å²) in [5, 5.41) is 2.91. The van der Waals surface area contributed by atoms with E-state index in [-0.39, 0.29) is 6.03 Å². The van der Waals surface area contributed by atoms with Crippen LogP contribution in [0.25, 0.3) is 0 Å². The Labute approximate surface area is 119 Å². The monoisotopic (exact) mass is 278 g/mol. The average Bonchev–Trinajstić information content (AvgIpc) is 2.48. The molecular weight excluding hydrogens is 256 g/mol. The zero-order valence-corrected chi connectivity index (χ0v) is 12.1. The summed E-state index contributed by atoms with van der Waals surface area (Å²) in [7, 11) is 3.30. The first kappa shape index (κ1) is 14.7. The Morgan fingerprint density at radius 2 is 2.20 bits per heavy atom. The number of para-hydroxylation sites is 2. The van der Waals surface area contributed by atoms with Gasteiger partial charge in [0.15, 0.2) is 0 Å². The van der Waals surface area contributed by atoms with Crippen LogP contribution in [0.1, 0.15) is 12.8 Å². The number of nitrogens with zero attached hydrogens (tertiary/aromatic N) is 1. The fourth-order valence-corrected chi connectivity index (χ4v) is 2.56. The molecule has 1 fully saturated rings. The smallest absolute Gasteiger partial charge is 0.321 e.